The van der Waals surface area contributed by atoms with E-state index in [1.54, 1.807) is 36.4 Å². The lowest BCUT2D eigenvalue weighted by Crippen LogP contribution is -2.27. The van der Waals surface area contributed by atoms with Gasteiger partial charge in [0.05, 0.1) is 9.95 Å². The number of para-hydroxylation sites is 2. The molecule has 1 aliphatic rings. The third-order valence-corrected chi connectivity index (χ3v) is 4.17. The minimum absolute atomic E-state index is 0.00999. The van der Waals surface area contributed by atoms with Crippen molar-refractivity contribution in [3.05, 3.63) is 63.2 Å². The van der Waals surface area contributed by atoms with Gasteiger partial charge in [-0.15, -0.1) is 0 Å². The van der Waals surface area contributed by atoms with Gasteiger partial charge in [0.25, 0.3) is 5.69 Å². The average molecular weight is 404 g/mol. The number of carbonyl (C=O) groups is 1. The number of benzene rings is 2. The Labute approximate surface area is 166 Å². The first-order valence-corrected chi connectivity index (χ1v) is 8.95. The van der Waals surface area contributed by atoms with Crippen LogP contribution in [0.15, 0.2) is 42.5 Å². The fraction of sp³-hybridized carbons (Fsp3) is 0.211. The summed E-state index contributed by atoms with van der Waals surface area (Å²) in [7, 11) is 0. The molecule has 28 heavy (non-hydrogen) atoms. The van der Waals surface area contributed by atoms with E-state index in [1.807, 2.05) is 0 Å². The molecule has 146 valence electrons. The standard InChI is InChI=1S/C19H18ClN3O5/c20-14-11-13(12-17-19(14)28-10-9-27-17)5-6-18(24)22-8-7-21-15-3-1-2-4-16(15)23(25)26/h1-6,11-12,21H,7-10H2,(H,22,24)/b6-5+. The van der Waals surface area contributed by atoms with Gasteiger partial charge < -0.3 is 20.1 Å². The number of ether oxygens (including phenoxy) is 2. The van der Waals surface area contributed by atoms with Gasteiger partial charge in [-0.1, -0.05) is 23.7 Å². The van der Waals surface area contributed by atoms with E-state index in [1.165, 1.54) is 12.1 Å². The van der Waals surface area contributed by atoms with E-state index < -0.39 is 4.92 Å². The number of nitrogens with zero attached hydrogens (tertiary/aromatic N) is 1. The molecule has 2 aromatic rings. The Hall–Kier alpha value is -3.26. The smallest absolute Gasteiger partial charge is 0.292 e. The van der Waals surface area contributed by atoms with E-state index >= 15 is 0 Å². The summed E-state index contributed by atoms with van der Waals surface area (Å²) in [6, 6.07) is 9.78. The van der Waals surface area contributed by atoms with Crippen LogP contribution in [0.4, 0.5) is 11.4 Å². The van der Waals surface area contributed by atoms with Gasteiger partial charge in [-0.3, -0.25) is 14.9 Å². The maximum absolute atomic E-state index is 12.0. The van der Waals surface area contributed by atoms with Crippen LogP contribution in [-0.4, -0.2) is 37.1 Å². The molecule has 9 heteroatoms. The average Bonchev–Trinajstić information content (AvgIpc) is 2.70. The number of rotatable bonds is 7. The summed E-state index contributed by atoms with van der Waals surface area (Å²) in [6.07, 6.45) is 3.00. The van der Waals surface area contributed by atoms with Crippen LogP contribution < -0.4 is 20.1 Å². The number of anilines is 1. The zero-order valence-electron chi connectivity index (χ0n) is 14.8. The molecule has 2 aromatic carbocycles. The fourth-order valence-electron chi connectivity index (χ4n) is 2.62. The predicted molar refractivity (Wildman–Crippen MR) is 106 cm³/mol. The monoisotopic (exact) mass is 403 g/mol. The Morgan fingerprint density at radius 1 is 1.21 bits per heavy atom. The molecule has 3 rings (SSSR count). The highest BCUT2D eigenvalue weighted by atomic mass is 35.5. The Morgan fingerprint density at radius 2 is 2.00 bits per heavy atom. The molecule has 2 N–H and O–H groups in total. The number of hydrogen-bond acceptors (Lipinski definition) is 6. The zero-order chi connectivity index (χ0) is 19.9. The van der Waals surface area contributed by atoms with Crippen molar-refractivity contribution in [2.75, 3.05) is 31.6 Å². The molecule has 0 aromatic heterocycles. The third-order valence-electron chi connectivity index (χ3n) is 3.89. The molecule has 1 amide bonds. The van der Waals surface area contributed by atoms with Crippen molar-refractivity contribution in [2.24, 2.45) is 0 Å². The number of hydrogen-bond donors (Lipinski definition) is 2. The largest absolute Gasteiger partial charge is 0.486 e. The minimum atomic E-state index is -0.456. The number of nitro benzene ring substituents is 1. The van der Waals surface area contributed by atoms with Gasteiger partial charge in [-0.2, -0.15) is 0 Å². The quantitative estimate of drug-likeness (QED) is 0.318. The van der Waals surface area contributed by atoms with Crippen LogP contribution in [0, 0.1) is 10.1 Å². The summed E-state index contributed by atoms with van der Waals surface area (Å²) in [6.45, 7) is 1.55. The summed E-state index contributed by atoms with van der Waals surface area (Å²) in [5.74, 6) is 0.762. The lowest BCUT2D eigenvalue weighted by Gasteiger charge is -2.19. The lowest BCUT2D eigenvalue weighted by atomic mass is 10.1. The molecular formula is C19H18ClN3O5. The van der Waals surface area contributed by atoms with Crippen LogP contribution in [0.25, 0.3) is 6.08 Å². The molecule has 0 spiro atoms. The summed E-state index contributed by atoms with van der Waals surface area (Å²) >= 11 is 6.16. The number of fused-ring (bicyclic) bond motifs is 1. The SMILES string of the molecule is O=C(/C=C/c1cc(Cl)c2c(c1)OCCO2)NCCNc1ccccc1[N+](=O)[O-]. The van der Waals surface area contributed by atoms with Gasteiger partial charge in [0.15, 0.2) is 11.5 Å². The first-order valence-electron chi connectivity index (χ1n) is 8.57. The van der Waals surface area contributed by atoms with E-state index in [9.17, 15) is 14.9 Å². The highest BCUT2D eigenvalue weighted by molar-refractivity contribution is 6.32. The van der Waals surface area contributed by atoms with E-state index in [4.69, 9.17) is 21.1 Å². The molecular weight excluding hydrogens is 386 g/mol. The van der Waals surface area contributed by atoms with Gasteiger partial charge in [-0.05, 0) is 29.8 Å². The van der Waals surface area contributed by atoms with Gasteiger partial charge in [0.2, 0.25) is 5.91 Å². The number of amides is 1. The van der Waals surface area contributed by atoms with E-state index in [-0.39, 0.29) is 11.6 Å². The Morgan fingerprint density at radius 3 is 2.82 bits per heavy atom. The van der Waals surface area contributed by atoms with E-state index in [0.717, 1.165) is 0 Å². The normalized spacial score (nSPS) is 12.6. The molecule has 1 heterocycles. The molecule has 0 radical (unpaired) electrons. The molecule has 0 unspecified atom stereocenters. The van der Waals surface area contributed by atoms with Crippen LogP contribution in [0.1, 0.15) is 5.56 Å². The highest BCUT2D eigenvalue weighted by Crippen LogP contribution is 2.38. The first kappa shape index (κ1) is 19.5. The van der Waals surface area contributed by atoms with Crippen molar-refractivity contribution in [1.82, 2.24) is 5.32 Å². The van der Waals surface area contributed by atoms with Gasteiger partial charge in [0, 0.05) is 25.2 Å². The molecule has 1 aliphatic heterocycles. The second kappa shape index (κ2) is 9.09. The van der Waals surface area contributed by atoms with Crippen molar-refractivity contribution in [1.29, 1.82) is 0 Å². The van der Waals surface area contributed by atoms with Crippen LogP contribution >= 0.6 is 11.6 Å². The second-order valence-electron chi connectivity index (χ2n) is 5.85. The van der Waals surface area contributed by atoms with Gasteiger partial charge in [0.1, 0.15) is 18.9 Å². The molecule has 0 saturated heterocycles. The Bertz CT molecular complexity index is 916. The topological polar surface area (TPSA) is 103 Å². The fourth-order valence-corrected chi connectivity index (χ4v) is 2.90. The predicted octanol–water partition coefficient (Wildman–Crippen LogP) is 3.26. The molecule has 0 fully saturated rings. The first-order chi connectivity index (χ1) is 13.5. The van der Waals surface area contributed by atoms with Crippen LogP contribution in [0.5, 0.6) is 11.5 Å². The van der Waals surface area contributed by atoms with Crippen molar-refractivity contribution < 1.29 is 19.2 Å². The minimum Gasteiger partial charge on any atom is -0.486 e. The number of nitro groups is 1. The van der Waals surface area contributed by atoms with E-state index in [0.29, 0.717) is 54.1 Å². The van der Waals surface area contributed by atoms with E-state index in [2.05, 4.69) is 10.6 Å². The molecule has 8 nitrogen and oxygen atoms in total. The summed E-state index contributed by atoms with van der Waals surface area (Å²) < 4.78 is 11.0. The van der Waals surface area contributed by atoms with Crippen molar-refractivity contribution in [3.63, 3.8) is 0 Å². The molecule has 0 bridgehead atoms. The number of nitrogens with one attached hydrogen (secondary N) is 2. The summed E-state index contributed by atoms with van der Waals surface area (Å²) in [4.78, 5) is 22.5. The van der Waals surface area contributed by atoms with Crippen LogP contribution in [0.2, 0.25) is 5.02 Å². The molecule has 0 atom stereocenters. The zero-order valence-corrected chi connectivity index (χ0v) is 15.6. The summed E-state index contributed by atoms with van der Waals surface area (Å²) in [5, 5.41) is 17.0. The van der Waals surface area contributed by atoms with Crippen LogP contribution in [0.3, 0.4) is 0 Å². The van der Waals surface area contributed by atoms with Crippen molar-refractivity contribution in [2.45, 2.75) is 0 Å². The number of halogens is 1. The maximum Gasteiger partial charge on any atom is 0.292 e. The Balaban J connectivity index is 1.50. The maximum atomic E-state index is 12.0. The second-order valence-corrected chi connectivity index (χ2v) is 6.26. The molecule has 0 aliphatic carbocycles. The molecule has 0 saturated carbocycles. The van der Waals surface area contributed by atoms with Crippen molar-refractivity contribution in [3.8, 4) is 11.5 Å². The van der Waals surface area contributed by atoms with Gasteiger partial charge in [-0.25, -0.2) is 0 Å². The highest BCUT2D eigenvalue weighted by Gasteiger charge is 2.16. The number of carbonyl (C=O) groups excluding carboxylic acids is 1. The van der Waals surface area contributed by atoms with Crippen molar-refractivity contribution >= 4 is 35.0 Å². The summed E-state index contributed by atoms with van der Waals surface area (Å²) in [5.41, 5.74) is 1.11. The Kier molecular flexibility index (Phi) is 6.33. The lowest BCUT2D eigenvalue weighted by molar-refractivity contribution is -0.384. The van der Waals surface area contributed by atoms with Crippen LogP contribution in [-0.2, 0) is 4.79 Å². The van der Waals surface area contributed by atoms with Gasteiger partial charge >= 0.3 is 0 Å². The third kappa shape index (κ3) is 4.92.